The smallest absolute Gasteiger partial charge is 0.408 e. The Morgan fingerprint density at radius 3 is 2.17 bits per heavy atom. The van der Waals surface area contributed by atoms with Crippen LogP contribution in [0.3, 0.4) is 0 Å². The second-order valence-electron chi connectivity index (χ2n) is 17.4. The van der Waals surface area contributed by atoms with Crippen LogP contribution in [0.2, 0.25) is 25.7 Å². The molecule has 16 heteroatoms. The molecule has 1 heterocycles. The summed E-state index contributed by atoms with van der Waals surface area (Å²) < 4.78 is 16.5. The number of alkyl carbamates (subject to hydrolysis) is 1. The molecule has 0 bridgehead atoms. The number of ether oxygens (including phenoxy) is 3. The van der Waals surface area contributed by atoms with E-state index in [4.69, 9.17) is 14.2 Å². The van der Waals surface area contributed by atoms with Gasteiger partial charge in [0.2, 0.25) is 0 Å². The normalized spacial score (nSPS) is 13.2. The molecule has 0 fully saturated rings. The SMILES string of the molecule is C/C=C(\NC(=O)c1csc(CNC(=O)OC(C)(C)C)n1)C(=O)NC(C(=O)O[C@H](/C=C/CCSC(=O)CCCCCCCCCCCC)CC(=O)OCC[Si](C)(C)C)C(C)C. The first-order chi connectivity index (χ1) is 28.2. The van der Waals surface area contributed by atoms with Crippen LogP contribution < -0.4 is 16.0 Å². The molecule has 0 radical (unpaired) electrons. The van der Waals surface area contributed by atoms with Crippen LogP contribution in [0.5, 0.6) is 0 Å². The summed E-state index contributed by atoms with van der Waals surface area (Å²) in [5, 5.41) is 9.91. The van der Waals surface area contributed by atoms with E-state index >= 15 is 0 Å². The van der Waals surface area contributed by atoms with Gasteiger partial charge in [0.05, 0.1) is 19.6 Å². The van der Waals surface area contributed by atoms with Gasteiger partial charge in [-0.2, -0.15) is 0 Å². The number of esters is 2. The number of allylic oxidation sites excluding steroid dienone is 2. The summed E-state index contributed by atoms with van der Waals surface area (Å²) in [4.78, 5) is 81.6. The summed E-state index contributed by atoms with van der Waals surface area (Å²) in [7, 11) is -1.45. The van der Waals surface area contributed by atoms with Gasteiger partial charge in [0.1, 0.15) is 34.1 Å². The van der Waals surface area contributed by atoms with Gasteiger partial charge in [0, 0.05) is 25.6 Å². The quantitative estimate of drug-likeness (QED) is 0.0174. The van der Waals surface area contributed by atoms with Crippen molar-refractivity contribution in [3.05, 3.63) is 40.0 Å². The van der Waals surface area contributed by atoms with E-state index in [0.717, 1.165) is 36.6 Å². The Hall–Kier alpha value is -3.50. The van der Waals surface area contributed by atoms with E-state index in [9.17, 15) is 28.8 Å². The van der Waals surface area contributed by atoms with Crippen LogP contribution in [0.25, 0.3) is 0 Å². The number of thiazole rings is 1. The molecule has 13 nitrogen and oxygen atoms in total. The fraction of sp³-hybridized carbons (Fsp3) is 0.705. The van der Waals surface area contributed by atoms with Crippen LogP contribution in [-0.2, 0) is 39.9 Å². The summed E-state index contributed by atoms with van der Waals surface area (Å²) in [5.41, 5.74) is -0.737. The molecule has 1 aromatic heterocycles. The lowest BCUT2D eigenvalue weighted by Gasteiger charge is -2.24. The highest BCUT2D eigenvalue weighted by molar-refractivity contribution is 8.13. The third-order valence-corrected chi connectivity index (χ3v) is 12.5. The van der Waals surface area contributed by atoms with Gasteiger partial charge in [0.25, 0.3) is 11.8 Å². The first kappa shape index (κ1) is 54.5. The molecule has 0 aliphatic rings. The van der Waals surface area contributed by atoms with E-state index in [1.54, 1.807) is 53.7 Å². The van der Waals surface area contributed by atoms with Gasteiger partial charge in [-0.25, -0.2) is 14.6 Å². The molecule has 3 amide bonds. The van der Waals surface area contributed by atoms with Gasteiger partial charge in [0.15, 0.2) is 5.12 Å². The van der Waals surface area contributed by atoms with Gasteiger partial charge >= 0.3 is 18.0 Å². The zero-order valence-electron chi connectivity index (χ0n) is 38.0. The zero-order chi connectivity index (χ0) is 45.1. The summed E-state index contributed by atoms with van der Waals surface area (Å²) in [6.07, 6.45) is 16.3. The summed E-state index contributed by atoms with van der Waals surface area (Å²) in [5.74, 6) is -2.50. The molecule has 1 rings (SSSR count). The van der Waals surface area contributed by atoms with E-state index in [1.807, 2.05) is 0 Å². The third kappa shape index (κ3) is 26.7. The van der Waals surface area contributed by atoms with E-state index in [-0.39, 0.29) is 36.1 Å². The number of unbranched alkanes of at least 4 members (excludes halogenated alkanes) is 9. The van der Waals surface area contributed by atoms with E-state index in [2.05, 4.69) is 47.5 Å². The average molecular weight is 895 g/mol. The zero-order valence-corrected chi connectivity index (χ0v) is 40.6. The highest BCUT2D eigenvalue weighted by atomic mass is 32.2. The largest absolute Gasteiger partial charge is 0.466 e. The fourth-order valence-corrected chi connectivity index (χ4v) is 7.70. The molecule has 2 atom stereocenters. The molecule has 0 aliphatic carbocycles. The van der Waals surface area contributed by atoms with Crippen molar-refractivity contribution < 1.29 is 43.0 Å². The van der Waals surface area contributed by atoms with Crippen molar-refractivity contribution in [3.8, 4) is 0 Å². The number of carbonyl (C=O) groups excluding carboxylic acids is 6. The van der Waals surface area contributed by atoms with Crippen molar-refractivity contribution >= 4 is 66.1 Å². The predicted octanol–water partition coefficient (Wildman–Crippen LogP) is 9.64. The number of thioether (sulfide) groups is 1. The Kier molecular flexibility index (Phi) is 27.0. The van der Waals surface area contributed by atoms with Crippen LogP contribution in [0.4, 0.5) is 4.79 Å². The van der Waals surface area contributed by atoms with Gasteiger partial charge < -0.3 is 30.2 Å². The van der Waals surface area contributed by atoms with Crippen molar-refractivity contribution in [2.24, 2.45) is 5.92 Å². The van der Waals surface area contributed by atoms with Gasteiger partial charge in [-0.1, -0.05) is 122 Å². The lowest BCUT2D eigenvalue weighted by molar-refractivity contribution is -0.156. The van der Waals surface area contributed by atoms with E-state index in [1.165, 1.54) is 68.2 Å². The Balaban J connectivity index is 2.81. The molecule has 3 N–H and O–H groups in total. The number of hydrogen-bond acceptors (Lipinski definition) is 12. The summed E-state index contributed by atoms with van der Waals surface area (Å²) in [6.45, 7) is 19.4. The Morgan fingerprint density at radius 2 is 1.58 bits per heavy atom. The molecular formula is C44H74N4O9S2Si. The van der Waals surface area contributed by atoms with E-state index in [0.29, 0.717) is 23.6 Å². The molecule has 0 saturated heterocycles. The molecule has 0 saturated carbocycles. The standard InChI is InChI=1S/C44H74N4O9S2Si/c1-11-13-14-15-16-17-18-19-20-21-25-38(50)58-27-23-22-24-33(29-37(49)55-26-28-60(8,9)10)56-42(53)39(32(3)4)48-40(51)34(12-2)47-41(52)35-31-59-36(46-35)30-45-43(54)57-44(5,6)7/h12,22,24,31-33,39H,11,13-21,23,25-30H2,1-10H3,(H,45,54)(H,47,52)(H,48,51)/b24-22+,34-12-/t33-,39?/m1/s1. The van der Waals surface area contributed by atoms with Crippen molar-refractivity contribution in [1.29, 1.82) is 0 Å². The fourth-order valence-electron chi connectivity index (χ4n) is 5.50. The number of aromatic nitrogens is 1. The molecule has 1 aromatic rings. The van der Waals surface area contributed by atoms with Crippen molar-refractivity contribution in [1.82, 2.24) is 20.9 Å². The minimum atomic E-state index is -1.45. The van der Waals surface area contributed by atoms with Crippen molar-refractivity contribution in [2.45, 2.75) is 182 Å². The van der Waals surface area contributed by atoms with Crippen LogP contribution in [0, 0.1) is 5.92 Å². The van der Waals surface area contributed by atoms with Gasteiger partial charge in [-0.05, 0) is 58.6 Å². The Morgan fingerprint density at radius 1 is 0.950 bits per heavy atom. The van der Waals surface area contributed by atoms with Crippen molar-refractivity contribution in [2.75, 3.05) is 12.4 Å². The number of nitrogens with one attached hydrogen (secondary N) is 3. The minimum absolute atomic E-state index is 0.0381. The summed E-state index contributed by atoms with van der Waals surface area (Å²) >= 11 is 2.44. The first-order valence-electron chi connectivity index (χ1n) is 21.6. The maximum Gasteiger partial charge on any atom is 0.408 e. The van der Waals surface area contributed by atoms with E-state index < -0.39 is 61.6 Å². The highest BCUT2D eigenvalue weighted by Gasteiger charge is 2.30. The number of rotatable bonds is 29. The second-order valence-corrected chi connectivity index (χ2v) is 25.1. The lowest BCUT2D eigenvalue weighted by Crippen LogP contribution is -2.48. The number of carbonyl (C=O) groups is 6. The minimum Gasteiger partial charge on any atom is -0.466 e. The van der Waals surface area contributed by atoms with Crippen LogP contribution >= 0.6 is 23.1 Å². The van der Waals surface area contributed by atoms with Crippen molar-refractivity contribution in [3.63, 3.8) is 0 Å². The monoisotopic (exact) mass is 894 g/mol. The number of hydrogen-bond donors (Lipinski definition) is 3. The molecule has 0 aromatic carbocycles. The molecule has 340 valence electrons. The topological polar surface area (TPSA) is 179 Å². The number of nitrogens with zero attached hydrogens (tertiary/aromatic N) is 1. The molecule has 1 unspecified atom stereocenters. The maximum absolute atomic E-state index is 13.6. The maximum atomic E-state index is 13.6. The van der Waals surface area contributed by atoms with Gasteiger partial charge in [-0.3, -0.25) is 19.2 Å². The van der Waals surface area contributed by atoms with Crippen LogP contribution in [0.1, 0.15) is 147 Å². The van der Waals surface area contributed by atoms with Gasteiger partial charge in [-0.15, -0.1) is 11.3 Å². The number of amides is 3. The molecule has 0 aliphatic heterocycles. The second kappa shape index (κ2) is 29.7. The Labute approximate surface area is 368 Å². The predicted molar refractivity (Wildman–Crippen MR) is 244 cm³/mol. The summed E-state index contributed by atoms with van der Waals surface area (Å²) in [6, 6.07) is -0.323. The Bertz CT molecular complexity index is 1550. The van der Waals surface area contributed by atoms with Crippen LogP contribution in [0.15, 0.2) is 29.3 Å². The third-order valence-electron chi connectivity index (χ3n) is 8.94. The molecular weight excluding hydrogens is 821 g/mol. The molecule has 60 heavy (non-hydrogen) atoms. The average Bonchev–Trinajstić information content (AvgIpc) is 3.63. The first-order valence-corrected chi connectivity index (χ1v) is 27.2. The van der Waals surface area contributed by atoms with Crippen LogP contribution in [-0.4, -0.2) is 78.1 Å². The lowest BCUT2D eigenvalue weighted by atomic mass is 10.0. The highest BCUT2D eigenvalue weighted by Crippen LogP contribution is 2.17. The molecule has 0 spiro atoms.